The minimum absolute atomic E-state index is 0.0147. The fraction of sp³-hybridized carbons (Fsp3) is 0.105. The number of hydrogen-bond donors (Lipinski definition) is 2. The zero-order chi connectivity index (χ0) is 21.2. The molecule has 7 nitrogen and oxygen atoms in total. The van der Waals surface area contributed by atoms with Crippen LogP contribution in [0.5, 0.6) is 5.75 Å². The first-order valence-corrected chi connectivity index (χ1v) is 10.6. The molecule has 0 aliphatic heterocycles. The molecule has 0 amide bonds. The van der Waals surface area contributed by atoms with Gasteiger partial charge in [0.15, 0.2) is 5.82 Å². The largest absolute Gasteiger partial charge is 0.487 e. The van der Waals surface area contributed by atoms with Crippen LogP contribution >= 0.6 is 15.9 Å². The summed E-state index contributed by atoms with van der Waals surface area (Å²) >= 11 is 3.24. The lowest BCUT2D eigenvalue weighted by Crippen LogP contribution is -2.41. The number of carboxylic acid groups (broad SMARTS) is 1. The SMILES string of the molecule is NS(=O)(=O)N(CC(=O)O)c1c(OCc2ccccc2)cc2ccc(Br)cc2c1F. The average molecular weight is 483 g/mol. The molecule has 0 aliphatic carbocycles. The summed E-state index contributed by atoms with van der Waals surface area (Å²) in [6, 6.07) is 15.2. The van der Waals surface area contributed by atoms with E-state index in [2.05, 4.69) is 15.9 Å². The van der Waals surface area contributed by atoms with Crippen molar-refractivity contribution in [3.63, 3.8) is 0 Å². The molecule has 0 radical (unpaired) electrons. The quantitative estimate of drug-likeness (QED) is 0.535. The van der Waals surface area contributed by atoms with Crippen molar-refractivity contribution >= 4 is 48.6 Å². The highest BCUT2D eigenvalue weighted by molar-refractivity contribution is 9.10. The highest BCUT2D eigenvalue weighted by atomic mass is 79.9. The number of ether oxygens (including phenoxy) is 1. The van der Waals surface area contributed by atoms with Crippen LogP contribution in [0.1, 0.15) is 5.56 Å². The topological polar surface area (TPSA) is 110 Å². The highest BCUT2D eigenvalue weighted by Gasteiger charge is 2.29. The number of nitrogens with zero attached hydrogens (tertiary/aromatic N) is 1. The number of rotatable bonds is 7. The van der Waals surface area contributed by atoms with E-state index in [1.54, 1.807) is 36.4 Å². The van der Waals surface area contributed by atoms with E-state index >= 15 is 4.39 Å². The first-order chi connectivity index (χ1) is 13.7. The molecule has 0 aliphatic rings. The van der Waals surface area contributed by atoms with Crippen LogP contribution in [-0.4, -0.2) is 26.0 Å². The molecule has 0 saturated carbocycles. The molecule has 3 aromatic carbocycles. The van der Waals surface area contributed by atoms with Crippen molar-refractivity contribution in [2.45, 2.75) is 6.61 Å². The van der Waals surface area contributed by atoms with Crippen molar-refractivity contribution in [3.8, 4) is 5.75 Å². The number of anilines is 1. The third-order valence-electron chi connectivity index (χ3n) is 4.05. The van der Waals surface area contributed by atoms with E-state index in [0.717, 1.165) is 5.56 Å². The number of carbonyl (C=O) groups is 1. The van der Waals surface area contributed by atoms with E-state index in [9.17, 15) is 13.2 Å². The van der Waals surface area contributed by atoms with Gasteiger partial charge in [-0.05, 0) is 29.1 Å². The van der Waals surface area contributed by atoms with Gasteiger partial charge < -0.3 is 9.84 Å². The number of benzene rings is 3. The third kappa shape index (κ3) is 4.84. The normalized spacial score (nSPS) is 11.4. The Kier molecular flexibility index (Phi) is 6.06. The number of fused-ring (bicyclic) bond motifs is 1. The van der Waals surface area contributed by atoms with E-state index in [1.807, 2.05) is 6.07 Å². The number of halogens is 2. The average Bonchev–Trinajstić information content (AvgIpc) is 2.65. The summed E-state index contributed by atoms with van der Waals surface area (Å²) < 4.78 is 46.1. The van der Waals surface area contributed by atoms with E-state index in [1.165, 1.54) is 12.1 Å². The number of aliphatic carboxylic acids is 1. The molecule has 0 saturated heterocycles. The zero-order valence-electron chi connectivity index (χ0n) is 14.9. The highest BCUT2D eigenvalue weighted by Crippen LogP contribution is 2.39. The summed E-state index contributed by atoms with van der Waals surface area (Å²) in [6.45, 7) is -1.04. The van der Waals surface area contributed by atoms with Crippen molar-refractivity contribution in [1.29, 1.82) is 0 Å². The minimum atomic E-state index is -4.60. The second-order valence-electron chi connectivity index (χ2n) is 6.12. The number of carboxylic acids is 1. The molecule has 0 unspecified atom stereocenters. The number of nitrogens with two attached hydrogens (primary N) is 1. The summed E-state index contributed by atoms with van der Waals surface area (Å²) in [5.74, 6) is -2.60. The van der Waals surface area contributed by atoms with Gasteiger partial charge in [-0.2, -0.15) is 8.42 Å². The lowest BCUT2D eigenvalue weighted by molar-refractivity contribution is -0.135. The fourth-order valence-corrected chi connectivity index (χ4v) is 3.86. The first kappa shape index (κ1) is 21.0. The standard InChI is InChI=1S/C19H16BrFN2O5S/c20-14-7-6-13-8-16(28-11-12-4-2-1-3-5-12)19(18(21)15(13)9-14)23(10-17(24)25)29(22,26)27/h1-9H,10-11H2,(H,24,25)(H2,22,26,27). The van der Waals surface area contributed by atoms with Gasteiger partial charge in [0.05, 0.1) is 0 Å². The van der Waals surface area contributed by atoms with Crippen LogP contribution in [-0.2, 0) is 21.6 Å². The Morgan fingerprint density at radius 2 is 1.86 bits per heavy atom. The molecule has 3 aromatic rings. The summed E-state index contributed by atoms with van der Waals surface area (Å²) in [6.07, 6.45) is 0. The van der Waals surface area contributed by atoms with Gasteiger partial charge in [0.25, 0.3) is 10.2 Å². The van der Waals surface area contributed by atoms with Gasteiger partial charge in [0, 0.05) is 9.86 Å². The maximum Gasteiger partial charge on any atom is 0.324 e. The molecule has 29 heavy (non-hydrogen) atoms. The Labute approximate surface area is 174 Å². The second-order valence-corrected chi connectivity index (χ2v) is 8.51. The van der Waals surface area contributed by atoms with Gasteiger partial charge in [-0.15, -0.1) is 0 Å². The molecule has 0 aromatic heterocycles. The van der Waals surface area contributed by atoms with E-state index in [4.69, 9.17) is 15.0 Å². The van der Waals surface area contributed by atoms with Crippen LogP contribution in [0.15, 0.2) is 59.1 Å². The van der Waals surface area contributed by atoms with Crippen LogP contribution < -0.4 is 14.2 Å². The molecule has 0 heterocycles. The Morgan fingerprint density at radius 3 is 2.48 bits per heavy atom. The number of hydrogen-bond acceptors (Lipinski definition) is 4. The van der Waals surface area contributed by atoms with Crippen LogP contribution in [0.2, 0.25) is 0 Å². The first-order valence-electron chi connectivity index (χ1n) is 8.27. The zero-order valence-corrected chi connectivity index (χ0v) is 17.3. The summed E-state index contributed by atoms with van der Waals surface area (Å²) in [7, 11) is -4.60. The Bertz CT molecular complexity index is 1170. The molecule has 0 bridgehead atoms. The predicted molar refractivity (Wildman–Crippen MR) is 110 cm³/mol. The van der Waals surface area contributed by atoms with Crippen molar-refractivity contribution in [2.75, 3.05) is 10.8 Å². The lowest BCUT2D eigenvalue weighted by Gasteiger charge is -2.24. The molecule has 0 spiro atoms. The van der Waals surface area contributed by atoms with Gasteiger partial charge in [0.2, 0.25) is 0 Å². The minimum Gasteiger partial charge on any atom is -0.487 e. The van der Waals surface area contributed by atoms with Gasteiger partial charge in [-0.1, -0.05) is 52.3 Å². The summed E-state index contributed by atoms with van der Waals surface area (Å²) in [5.41, 5.74) is 0.201. The maximum absolute atomic E-state index is 15.4. The fourth-order valence-electron chi connectivity index (χ4n) is 2.79. The third-order valence-corrected chi connectivity index (χ3v) is 5.47. The summed E-state index contributed by atoms with van der Waals surface area (Å²) in [4.78, 5) is 11.2. The van der Waals surface area contributed by atoms with Gasteiger partial charge in [-0.3, -0.25) is 4.79 Å². The van der Waals surface area contributed by atoms with E-state index in [-0.39, 0.29) is 22.0 Å². The van der Waals surface area contributed by atoms with Crippen LogP contribution in [0.25, 0.3) is 10.8 Å². The molecular weight excluding hydrogens is 467 g/mol. The second kappa shape index (κ2) is 8.36. The van der Waals surface area contributed by atoms with Gasteiger partial charge in [-0.25, -0.2) is 13.8 Å². The molecule has 10 heteroatoms. The van der Waals surface area contributed by atoms with Crippen LogP contribution in [0.4, 0.5) is 10.1 Å². The van der Waals surface area contributed by atoms with Crippen LogP contribution in [0.3, 0.4) is 0 Å². The predicted octanol–water partition coefficient (Wildman–Crippen LogP) is 3.41. The lowest BCUT2D eigenvalue weighted by atomic mass is 10.1. The monoisotopic (exact) mass is 482 g/mol. The van der Waals surface area contributed by atoms with Crippen LogP contribution in [0, 0.1) is 5.82 Å². The molecule has 3 rings (SSSR count). The maximum atomic E-state index is 15.4. The molecule has 0 atom stereocenters. The molecule has 0 fully saturated rings. The molecular formula is C19H16BrFN2O5S. The van der Waals surface area contributed by atoms with E-state index in [0.29, 0.717) is 9.86 Å². The Balaban J connectivity index is 2.20. The Morgan fingerprint density at radius 1 is 1.17 bits per heavy atom. The van der Waals surface area contributed by atoms with Crippen molar-refractivity contribution < 1.29 is 27.4 Å². The van der Waals surface area contributed by atoms with Crippen molar-refractivity contribution in [3.05, 3.63) is 70.5 Å². The smallest absolute Gasteiger partial charge is 0.324 e. The molecule has 152 valence electrons. The van der Waals surface area contributed by atoms with Gasteiger partial charge in [0.1, 0.15) is 24.6 Å². The summed E-state index contributed by atoms with van der Waals surface area (Å²) in [5, 5.41) is 14.8. The molecule has 3 N–H and O–H groups in total. The Hall–Kier alpha value is -2.69. The van der Waals surface area contributed by atoms with Gasteiger partial charge >= 0.3 is 5.97 Å². The van der Waals surface area contributed by atoms with Crippen molar-refractivity contribution in [1.82, 2.24) is 0 Å². The van der Waals surface area contributed by atoms with E-state index < -0.39 is 34.2 Å². The van der Waals surface area contributed by atoms with Crippen molar-refractivity contribution in [2.24, 2.45) is 5.14 Å².